The lowest BCUT2D eigenvalue weighted by Gasteiger charge is -2.36. The first-order chi connectivity index (χ1) is 13.0. The highest BCUT2D eigenvalue weighted by atomic mass is 16.6. The first-order valence-corrected chi connectivity index (χ1v) is 8.44. The number of aromatic hydroxyl groups is 2. The number of nitrogens with one attached hydrogen (secondary N) is 1. The maximum Gasteiger partial charge on any atom is 0.342 e. The van der Waals surface area contributed by atoms with Crippen LogP contribution in [0.2, 0.25) is 0 Å². The Morgan fingerprint density at radius 3 is 2.11 bits per heavy atom. The number of hydrogen-bond acceptors (Lipinski definition) is 6. The van der Waals surface area contributed by atoms with Gasteiger partial charge in [0.1, 0.15) is 23.0 Å². The molecule has 3 N–H and O–H groups in total. The molecule has 134 valence electrons. The molecule has 1 spiro atoms. The highest BCUT2D eigenvalue weighted by Crippen LogP contribution is 2.57. The molecule has 0 radical (unpaired) electrons. The van der Waals surface area contributed by atoms with Crippen LogP contribution in [0.3, 0.4) is 0 Å². The second kappa shape index (κ2) is 5.17. The van der Waals surface area contributed by atoms with Crippen molar-refractivity contribution in [3.05, 3.63) is 76.9 Å². The first kappa shape index (κ1) is 15.6. The molecule has 0 aromatic heterocycles. The summed E-state index contributed by atoms with van der Waals surface area (Å²) in [7, 11) is 1.75. The Bertz CT molecular complexity index is 1070. The molecule has 6 heteroatoms. The zero-order valence-electron chi connectivity index (χ0n) is 14.3. The van der Waals surface area contributed by atoms with Crippen LogP contribution in [0.4, 0.5) is 5.69 Å². The van der Waals surface area contributed by atoms with Gasteiger partial charge in [-0.2, -0.15) is 0 Å². The summed E-state index contributed by atoms with van der Waals surface area (Å²) in [4.78, 5) is 12.9. The summed E-state index contributed by atoms with van der Waals surface area (Å²) >= 11 is 0. The van der Waals surface area contributed by atoms with Crippen LogP contribution in [0, 0.1) is 0 Å². The molecule has 2 aliphatic rings. The van der Waals surface area contributed by atoms with E-state index in [0.717, 1.165) is 0 Å². The lowest BCUT2D eigenvalue weighted by Crippen LogP contribution is -2.32. The third kappa shape index (κ3) is 1.92. The largest absolute Gasteiger partial charge is 0.508 e. The Morgan fingerprint density at radius 1 is 0.889 bits per heavy atom. The van der Waals surface area contributed by atoms with Gasteiger partial charge in [-0.15, -0.1) is 0 Å². The molecule has 0 saturated heterocycles. The van der Waals surface area contributed by atoms with Crippen molar-refractivity contribution in [2.24, 2.45) is 0 Å². The fourth-order valence-electron chi connectivity index (χ4n) is 3.96. The van der Waals surface area contributed by atoms with Crippen LogP contribution in [0.5, 0.6) is 23.0 Å². The van der Waals surface area contributed by atoms with Gasteiger partial charge in [0, 0.05) is 41.6 Å². The number of carbonyl (C=O) groups excluding carboxylic acids is 1. The van der Waals surface area contributed by atoms with Crippen molar-refractivity contribution in [2.75, 3.05) is 12.4 Å². The van der Waals surface area contributed by atoms with Gasteiger partial charge in [0.05, 0.1) is 5.56 Å². The molecule has 0 atom stereocenters. The maximum atomic E-state index is 12.9. The monoisotopic (exact) mass is 361 g/mol. The average Bonchev–Trinajstić information content (AvgIpc) is 2.95. The molecule has 3 aromatic rings. The Morgan fingerprint density at radius 2 is 1.52 bits per heavy atom. The van der Waals surface area contributed by atoms with E-state index in [-0.39, 0.29) is 11.5 Å². The third-order valence-corrected chi connectivity index (χ3v) is 5.07. The molecule has 2 heterocycles. The summed E-state index contributed by atoms with van der Waals surface area (Å²) in [5.41, 5.74) is 1.81. The normalized spacial score (nSPS) is 15.4. The number of esters is 1. The van der Waals surface area contributed by atoms with E-state index in [1.807, 2.05) is 18.2 Å². The summed E-state index contributed by atoms with van der Waals surface area (Å²) in [5, 5.41) is 22.8. The summed E-state index contributed by atoms with van der Waals surface area (Å²) in [6.45, 7) is 0. The highest BCUT2D eigenvalue weighted by Gasteiger charge is 2.54. The van der Waals surface area contributed by atoms with E-state index in [0.29, 0.717) is 39.4 Å². The average molecular weight is 361 g/mol. The molecule has 0 aliphatic carbocycles. The van der Waals surface area contributed by atoms with Gasteiger partial charge in [0.2, 0.25) is 0 Å². The van der Waals surface area contributed by atoms with E-state index in [1.165, 1.54) is 24.3 Å². The second-order valence-corrected chi connectivity index (χ2v) is 6.51. The molecule has 0 amide bonds. The lowest BCUT2D eigenvalue weighted by atomic mass is 9.77. The third-order valence-electron chi connectivity index (χ3n) is 5.07. The molecule has 0 bridgehead atoms. The van der Waals surface area contributed by atoms with Crippen molar-refractivity contribution >= 4 is 11.7 Å². The topological polar surface area (TPSA) is 88.0 Å². The van der Waals surface area contributed by atoms with E-state index in [2.05, 4.69) is 5.32 Å². The quantitative estimate of drug-likeness (QED) is 0.573. The summed E-state index contributed by atoms with van der Waals surface area (Å²) in [6.07, 6.45) is 0. The van der Waals surface area contributed by atoms with Crippen LogP contribution in [0.1, 0.15) is 27.0 Å². The fourth-order valence-corrected chi connectivity index (χ4v) is 3.96. The number of carbonyl (C=O) groups is 1. The van der Waals surface area contributed by atoms with Gasteiger partial charge in [-0.25, -0.2) is 4.79 Å². The summed E-state index contributed by atoms with van der Waals surface area (Å²) in [5.74, 6) is 0.337. The van der Waals surface area contributed by atoms with Gasteiger partial charge in [-0.05, 0) is 30.3 Å². The van der Waals surface area contributed by atoms with Gasteiger partial charge >= 0.3 is 5.97 Å². The molecule has 5 rings (SSSR count). The first-order valence-electron chi connectivity index (χ1n) is 8.44. The number of phenols is 2. The van der Waals surface area contributed by atoms with Crippen molar-refractivity contribution < 1.29 is 24.5 Å². The zero-order chi connectivity index (χ0) is 18.8. The summed E-state index contributed by atoms with van der Waals surface area (Å²) in [6, 6.07) is 14.9. The predicted molar refractivity (Wildman–Crippen MR) is 97.6 cm³/mol. The molecule has 0 saturated carbocycles. The maximum absolute atomic E-state index is 12.9. The molecular weight excluding hydrogens is 346 g/mol. The van der Waals surface area contributed by atoms with Gasteiger partial charge in [-0.3, -0.25) is 0 Å². The minimum absolute atomic E-state index is 0.0287. The van der Waals surface area contributed by atoms with E-state index in [1.54, 1.807) is 19.2 Å². The van der Waals surface area contributed by atoms with E-state index < -0.39 is 11.6 Å². The van der Waals surface area contributed by atoms with Crippen LogP contribution in [0.15, 0.2) is 54.6 Å². The van der Waals surface area contributed by atoms with Crippen molar-refractivity contribution in [3.8, 4) is 23.0 Å². The Hall–Kier alpha value is -3.67. The number of phenolic OH excluding ortho intramolecular Hbond substituents is 2. The van der Waals surface area contributed by atoms with Gasteiger partial charge in [-0.1, -0.05) is 12.1 Å². The SMILES string of the molecule is CNc1cccc2c1C(=O)OC21c2ccc(O)cc2Oc2cc(O)ccc21. The minimum Gasteiger partial charge on any atom is -0.508 e. The van der Waals surface area contributed by atoms with Crippen LogP contribution >= 0.6 is 0 Å². The molecule has 6 nitrogen and oxygen atoms in total. The lowest BCUT2D eigenvalue weighted by molar-refractivity contribution is 0.0224. The molecule has 0 unspecified atom stereocenters. The molecular formula is C21H15NO5. The zero-order valence-corrected chi connectivity index (χ0v) is 14.3. The van der Waals surface area contributed by atoms with Crippen LogP contribution in [-0.4, -0.2) is 23.2 Å². The molecule has 3 aromatic carbocycles. The van der Waals surface area contributed by atoms with Gasteiger partial charge < -0.3 is 25.0 Å². The standard InChI is InChI=1S/C21H15NO5/c1-22-16-4-2-3-15-19(16)20(25)27-21(15)13-7-5-11(23)9-17(13)26-18-10-12(24)6-8-14(18)21/h2-10,22-24H,1H3. The number of benzene rings is 3. The number of anilines is 1. The van der Waals surface area contributed by atoms with Crippen LogP contribution in [0.25, 0.3) is 0 Å². The van der Waals surface area contributed by atoms with Crippen molar-refractivity contribution in [1.82, 2.24) is 0 Å². The molecule has 2 aliphatic heterocycles. The van der Waals surface area contributed by atoms with Crippen molar-refractivity contribution in [3.63, 3.8) is 0 Å². The van der Waals surface area contributed by atoms with Crippen LogP contribution < -0.4 is 10.1 Å². The number of ether oxygens (including phenoxy) is 2. The van der Waals surface area contributed by atoms with Gasteiger partial charge in [0.15, 0.2) is 5.60 Å². The van der Waals surface area contributed by atoms with Crippen molar-refractivity contribution in [1.29, 1.82) is 0 Å². The Kier molecular flexibility index (Phi) is 2.98. The van der Waals surface area contributed by atoms with E-state index in [9.17, 15) is 15.0 Å². The Balaban J connectivity index is 1.91. The van der Waals surface area contributed by atoms with E-state index >= 15 is 0 Å². The Labute approximate surface area is 154 Å². The van der Waals surface area contributed by atoms with E-state index in [4.69, 9.17) is 9.47 Å². The summed E-state index contributed by atoms with van der Waals surface area (Å²) < 4.78 is 11.9. The van der Waals surface area contributed by atoms with Crippen LogP contribution in [-0.2, 0) is 10.3 Å². The fraction of sp³-hybridized carbons (Fsp3) is 0.0952. The molecule has 27 heavy (non-hydrogen) atoms. The predicted octanol–water partition coefficient (Wildman–Crippen LogP) is 3.71. The highest BCUT2D eigenvalue weighted by molar-refractivity contribution is 6.02. The minimum atomic E-state index is -1.22. The number of hydrogen-bond donors (Lipinski definition) is 3. The number of fused-ring (bicyclic) bond motifs is 6. The second-order valence-electron chi connectivity index (χ2n) is 6.51. The smallest absolute Gasteiger partial charge is 0.342 e. The number of rotatable bonds is 1. The van der Waals surface area contributed by atoms with Crippen molar-refractivity contribution in [2.45, 2.75) is 5.60 Å². The molecule has 0 fully saturated rings. The van der Waals surface area contributed by atoms with Gasteiger partial charge in [0.25, 0.3) is 0 Å².